The van der Waals surface area contributed by atoms with Gasteiger partial charge in [-0.25, -0.2) is 0 Å². The largest absolute Gasteiger partial charge is 0.432 e. The van der Waals surface area contributed by atoms with E-state index in [0.717, 1.165) is 0 Å². The van der Waals surface area contributed by atoms with E-state index in [1.165, 1.54) is 6.23 Å². The Morgan fingerprint density at radius 1 is 1.75 bits per heavy atom. The molecule has 0 unspecified atom stereocenters. The summed E-state index contributed by atoms with van der Waals surface area (Å²) in [7, 11) is 0.765. The van der Waals surface area contributed by atoms with E-state index < -0.39 is 0 Å². The highest BCUT2D eigenvalue weighted by atomic mass is 29.2. The van der Waals surface area contributed by atoms with Crippen molar-refractivity contribution in [2.75, 3.05) is 6.23 Å². The molecule has 24 valence electrons. The molecule has 1 aliphatic rings. The average Bonchev–Trinajstić information content (AvgIpc) is 0.722. The molecule has 0 atom stereocenters. The molecule has 1 rings (SSSR count). The third-order valence-electron chi connectivity index (χ3n) is 0.577. The molecule has 0 amide bonds. The molecule has 1 aliphatic heterocycles. The standard InChI is InChI=1S/CH6OSi2/c1-2-4-3-1/h1,3-4H2. The molecule has 1 saturated heterocycles. The van der Waals surface area contributed by atoms with E-state index in [1.54, 1.807) is 0 Å². The van der Waals surface area contributed by atoms with Gasteiger partial charge in [-0.15, -0.1) is 0 Å². The Morgan fingerprint density at radius 3 is 2.00 bits per heavy atom. The van der Waals surface area contributed by atoms with Gasteiger partial charge in [-0.1, -0.05) is 0 Å². The van der Waals surface area contributed by atoms with Crippen LogP contribution in [0.1, 0.15) is 0 Å². The molecule has 1 fully saturated rings. The van der Waals surface area contributed by atoms with Crippen molar-refractivity contribution in [2.45, 2.75) is 0 Å². The van der Waals surface area contributed by atoms with E-state index in [2.05, 4.69) is 0 Å². The monoisotopic (exact) mass is 90.0 g/mol. The van der Waals surface area contributed by atoms with Crippen LogP contribution in [-0.4, -0.2) is 24.5 Å². The van der Waals surface area contributed by atoms with Crippen LogP contribution in [0, 0.1) is 0 Å². The van der Waals surface area contributed by atoms with Gasteiger partial charge in [-0.05, 0) is 0 Å². The smallest absolute Gasteiger partial charge is 0.145 e. The van der Waals surface area contributed by atoms with Crippen molar-refractivity contribution < 1.29 is 4.43 Å². The molecule has 0 N–H and O–H groups in total. The lowest BCUT2D eigenvalue weighted by molar-refractivity contribution is 0.396. The highest BCUT2D eigenvalue weighted by Crippen LogP contribution is 1.75. The van der Waals surface area contributed by atoms with Crippen molar-refractivity contribution >= 4 is 18.3 Å². The van der Waals surface area contributed by atoms with Gasteiger partial charge in [0.25, 0.3) is 0 Å². The Kier molecular flexibility index (Phi) is 0.660. The van der Waals surface area contributed by atoms with Crippen molar-refractivity contribution in [1.82, 2.24) is 0 Å². The summed E-state index contributed by atoms with van der Waals surface area (Å²) in [6.45, 7) is 0. The SMILES string of the molecule is C1O[SiH2][SiH2]1. The zero-order valence-corrected chi connectivity index (χ0v) is 5.36. The summed E-state index contributed by atoms with van der Waals surface area (Å²) in [6.07, 6.45) is 1.20. The van der Waals surface area contributed by atoms with Gasteiger partial charge in [-0.2, -0.15) is 0 Å². The van der Waals surface area contributed by atoms with E-state index in [-0.39, 0.29) is 9.28 Å². The van der Waals surface area contributed by atoms with Crippen molar-refractivity contribution in [3.63, 3.8) is 0 Å². The first-order valence-corrected chi connectivity index (χ1v) is 7.15. The maximum absolute atomic E-state index is 4.92. The summed E-state index contributed by atoms with van der Waals surface area (Å²) in [5.41, 5.74) is 0. The van der Waals surface area contributed by atoms with Crippen LogP contribution in [0.15, 0.2) is 0 Å². The third-order valence-corrected chi connectivity index (χ3v) is 5.20. The Bertz CT molecular complexity index is 14.0. The summed E-state index contributed by atoms with van der Waals surface area (Å²) in [5, 5.41) is 0. The fourth-order valence-corrected chi connectivity index (χ4v) is 1.30. The molecule has 0 radical (unpaired) electrons. The van der Waals surface area contributed by atoms with Gasteiger partial charge < -0.3 is 4.43 Å². The van der Waals surface area contributed by atoms with Gasteiger partial charge >= 0.3 is 0 Å². The van der Waals surface area contributed by atoms with Gasteiger partial charge in [0, 0.05) is 6.23 Å². The number of hydrogen-bond acceptors (Lipinski definition) is 1. The van der Waals surface area contributed by atoms with E-state index in [9.17, 15) is 0 Å². The van der Waals surface area contributed by atoms with E-state index >= 15 is 0 Å². The molecule has 3 heteroatoms. The minimum absolute atomic E-state index is 0.244. The van der Waals surface area contributed by atoms with Crippen LogP contribution in [0.25, 0.3) is 0 Å². The first-order chi connectivity index (χ1) is 2.00. The van der Waals surface area contributed by atoms with Gasteiger partial charge in [0.15, 0.2) is 0 Å². The molecule has 1 heterocycles. The normalized spacial score (nSPS) is 36.0. The molecule has 0 spiro atoms. The van der Waals surface area contributed by atoms with Crippen LogP contribution in [0.2, 0.25) is 0 Å². The molecule has 0 aromatic carbocycles. The van der Waals surface area contributed by atoms with Crippen molar-refractivity contribution in [1.29, 1.82) is 0 Å². The van der Waals surface area contributed by atoms with Gasteiger partial charge in [0.05, 0.1) is 9.04 Å². The molecular formula is CH6OSi2. The molecule has 0 aliphatic carbocycles. The lowest BCUT2D eigenvalue weighted by atomic mass is 11.7. The molecule has 0 bridgehead atoms. The van der Waals surface area contributed by atoms with Gasteiger partial charge in [0.2, 0.25) is 0 Å². The lowest BCUT2D eigenvalue weighted by Gasteiger charge is -2.07. The second kappa shape index (κ2) is 1.01. The van der Waals surface area contributed by atoms with E-state index in [1.807, 2.05) is 0 Å². The molecule has 1 nitrogen and oxygen atoms in total. The predicted octanol–water partition coefficient (Wildman–Crippen LogP) is -1.86. The molecule has 0 aromatic heterocycles. The maximum Gasteiger partial charge on any atom is 0.145 e. The minimum Gasteiger partial charge on any atom is -0.432 e. The Morgan fingerprint density at radius 2 is 2.00 bits per heavy atom. The predicted molar refractivity (Wildman–Crippen MR) is 23.0 cm³/mol. The van der Waals surface area contributed by atoms with E-state index in [0.29, 0.717) is 9.04 Å². The Balaban J connectivity index is 2.00. The van der Waals surface area contributed by atoms with Crippen LogP contribution in [0.5, 0.6) is 0 Å². The topological polar surface area (TPSA) is 9.23 Å². The fraction of sp³-hybridized carbons (Fsp3) is 1.00. The second-order valence-corrected chi connectivity index (χ2v) is 6.24. The first kappa shape index (κ1) is 2.62. The minimum atomic E-state index is 0.244. The second-order valence-electron chi connectivity index (χ2n) is 0.966. The zero-order valence-electron chi connectivity index (χ0n) is 2.53. The highest BCUT2D eigenvalue weighted by molar-refractivity contribution is 7.01. The average molecular weight is 90.2 g/mol. The highest BCUT2D eigenvalue weighted by Gasteiger charge is 1.97. The third kappa shape index (κ3) is 0.241. The Labute approximate surface area is 29.9 Å². The van der Waals surface area contributed by atoms with Crippen molar-refractivity contribution in [3.05, 3.63) is 0 Å². The summed E-state index contributed by atoms with van der Waals surface area (Å²) in [6, 6.07) is 0. The lowest BCUT2D eigenvalue weighted by Crippen LogP contribution is -2.27. The summed E-state index contributed by atoms with van der Waals surface area (Å²) in [5.74, 6) is 0. The quantitative estimate of drug-likeness (QED) is 0.317. The molecule has 0 aromatic rings. The van der Waals surface area contributed by atoms with Gasteiger partial charge in [0.1, 0.15) is 9.28 Å². The first-order valence-electron chi connectivity index (χ1n) is 1.58. The molecule has 4 heavy (non-hydrogen) atoms. The van der Waals surface area contributed by atoms with Crippen LogP contribution in [0.4, 0.5) is 0 Å². The maximum atomic E-state index is 4.92. The van der Waals surface area contributed by atoms with Crippen LogP contribution >= 0.6 is 0 Å². The van der Waals surface area contributed by atoms with Crippen LogP contribution < -0.4 is 0 Å². The summed E-state index contributed by atoms with van der Waals surface area (Å²) >= 11 is 0. The summed E-state index contributed by atoms with van der Waals surface area (Å²) in [4.78, 5) is 0. The summed E-state index contributed by atoms with van der Waals surface area (Å²) < 4.78 is 4.92. The van der Waals surface area contributed by atoms with Gasteiger partial charge in [-0.3, -0.25) is 0 Å². The van der Waals surface area contributed by atoms with Crippen LogP contribution in [0.3, 0.4) is 0 Å². The van der Waals surface area contributed by atoms with Crippen molar-refractivity contribution in [2.24, 2.45) is 0 Å². The fourth-order valence-electron chi connectivity index (χ4n) is 0.144. The van der Waals surface area contributed by atoms with Crippen molar-refractivity contribution in [3.8, 4) is 0 Å². The number of rotatable bonds is 0. The van der Waals surface area contributed by atoms with E-state index in [4.69, 9.17) is 4.43 Å². The number of hydrogen-bond donors (Lipinski definition) is 0. The molecule has 0 saturated carbocycles. The zero-order chi connectivity index (χ0) is 2.83. The Hall–Kier alpha value is 0.394. The van der Waals surface area contributed by atoms with Crippen LogP contribution in [-0.2, 0) is 4.43 Å². The molecular weight excluding hydrogens is 84.2 g/mol.